The van der Waals surface area contributed by atoms with E-state index in [4.69, 9.17) is 4.74 Å². The number of allylic oxidation sites excluding steroid dienone is 1. The standard InChI is InChI=1S/C21H22N2O3/c1-22-21(25)18-5-2-16(3-6-18)4-11-20(24)17-7-9-19(10-8-17)23-12-14-26-15-13-23/h2-11H,12-15H2,1H3,(H,22,25)/b11-4+. The van der Waals surface area contributed by atoms with E-state index in [1.54, 1.807) is 31.3 Å². The lowest BCUT2D eigenvalue weighted by molar-refractivity contribution is 0.0962. The monoisotopic (exact) mass is 350 g/mol. The Morgan fingerprint density at radius 1 is 0.962 bits per heavy atom. The Bertz CT molecular complexity index is 789. The molecule has 1 aliphatic rings. The van der Waals surface area contributed by atoms with Crippen LogP contribution in [0.25, 0.3) is 6.08 Å². The van der Waals surface area contributed by atoms with Gasteiger partial charge < -0.3 is 15.0 Å². The van der Waals surface area contributed by atoms with E-state index in [1.807, 2.05) is 36.4 Å². The zero-order valence-corrected chi connectivity index (χ0v) is 14.8. The van der Waals surface area contributed by atoms with E-state index in [2.05, 4.69) is 10.2 Å². The molecule has 1 saturated heterocycles. The molecule has 0 unspecified atom stereocenters. The summed E-state index contributed by atoms with van der Waals surface area (Å²) >= 11 is 0. The molecule has 26 heavy (non-hydrogen) atoms. The van der Waals surface area contributed by atoms with E-state index in [-0.39, 0.29) is 11.7 Å². The first-order valence-corrected chi connectivity index (χ1v) is 8.65. The Hall–Kier alpha value is -2.92. The number of carbonyl (C=O) groups excluding carboxylic acids is 2. The molecular formula is C21H22N2O3. The van der Waals surface area contributed by atoms with E-state index in [1.165, 1.54) is 0 Å². The number of hydrogen-bond acceptors (Lipinski definition) is 4. The molecule has 0 aromatic heterocycles. The molecule has 0 atom stereocenters. The van der Waals surface area contributed by atoms with Gasteiger partial charge >= 0.3 is 0 Å². The number of rotatable bonds is 5. The average molecular weight is 350 g/mol. The Morgan fingerprint density at radius 3 is 2.19 bits per heavy atom. The summed E-state index contributed by atoms with van der Waals surface area (Å²) in [7, 11) is 1.60. The zero-order chi connectivity index (χ0) is 18.4. The molecule has 2 aromatic carbocycles. The number of amides is 1. The molecule has 1 N–H and O–H groups in total. The predicted molar refractivity (Wildman–Crippen MR) is 103 cm³/mol. The SMILES string of the molecule is CNC(=O)c1ccc(/C=C/C(=O)c2ccc(N3CCOCC3)cc2)cc1. The number of ketones is 1. The molecule has 0 saturated carbocycles. The normalized spacial score (nSPS) is 14.4. The fourth-order valence-corrected chi connectivity index (χ4v) is 2.82. The lowest BCUT2D eigenvalue weighted by Crippen LogP contribution is -2.36. The topological polar surface area (TPSA) is 58.6 Å². The summed E-state index contributed by atoms with van der Waals surface area (Å²) in [5.74, 6) is -0.175. The van der Waals surface area contributed by atoms with Crippen molar-refractivity contribution in [1.82, 2.24) is 5.32 Å². The van der Waals surface area contributed by atoms with Gasteiger partial charge in [0.15, 0.2) is 5.78 Å². The smallest absolute Gasteiger partial charge is 0.251 e. The van der Waals surface area contributed by atoms with Gasteiger partial charge in [-0.25, -0.2) is 0 Å². The second kappa shape index (κ2) is 8.45. The predicted octanol–water partition coefficient (Wildman–Crippen LogP) is 2.78. The Balaban J connectivity index is 1.63. The molecule has 1 aliphatic heterocycles. The first kappa shape index (κ1) is 17.9. The molecule has 0 spiro atoms. The zero-order valence-electron chi connectivity index (χ0n) is 14.8. The molecule has 5 nitrogen and oxygen atoms in total. The van der Waals surface area contributed by atoms with Crippen LogP contribution in [0.4, 0.5) is 5.69 Å². The highest BCUT2D eigenvalue weighted by Gasteiger charge is 2.11. The van der Waals surface area contributed by atoms with Crippen molar-refractivity contribution in [2.75, 3.05) is 38.3 Å². The summed E-state index contributed by atoms with van der Waals surface area (Å²) in [6.45, 7) is 3.22. The van der Waals surface area contributed by atoms with Crippen molar-refractivity contribution in [3.63, 3.8) is 0 Å². The van der Waals surface area contributed by atoms with Gasteiger partial charge in [-0.3, -0.25) is 9.59 Å². The van der Waals surface area contributed by atoms with Gasteiger partial charge in [-0.05, 0) is 48.0 Å². The lowest BCUT2D eigenvalue weighted by Gasteiger charge is -2.28. The van der Waals surface area contributed by atoms with Crippen LogP contribution in [-0.4, -0.2) is 45.0 Å². The second-order valence-electron chi connectivity index (χ2n) is 6.05. The number of benzene rings is 2. The molecular weight excluding hydrogens is 328 g/mol. The Kier molecular flexibility index (Phi) is 5.81. The van der Waals surface area contributed by atoms with Crippen molar-refractivity contribution in [1.29, 1.82) is 0 Å². The third kappa shape index (κ3) is 4.37. The largest absolute Gasteiger partial charge is 0.378 e. The van der Waals surface area contributed by atoms with E-state index in [9.17, 15) is 9.59 Å². The summed E-state index contributed by atoms with van der Waals surface area (Å²) in [6.07, 6.45) is 3.31. The van der Waals surface area contributed by atoms with Crippen molar-refractivity contribution >= 4 is 23.5 Å². The van der Waals surface area contributed by atoms with Gasteiger partial charge in [0.05, 0.1) is 13.2 Å². The van der Waals surface area contributed by atoms with Crippen LogP contribution in [-0.2, 0) is 4.74 Å². The van der Waals surface area contributed by atoms with Crippen LogP contribution in [0.5, 0.6) is 0 Å². The highest BCUT2D eigenvalue weighted by atomic mass is 16.5. The van der Waals surface area contributed by atoms with E-state index >= 15 is 0 Å². The minimum atomic E-state index is -0.128. The van der Waals surface area contributed by atoms with Crippen molar-refractivity contribution in [3.05, 3.63) is 71.3 Å². The number of nitrogens with one attached hydrogen (secondary N) is 1. The van der Waals surface area contributed by atoms with Crippen LogP contribution >= 0.6 is 0 Å². The van der Waals surface area contributed by atoms with Crippen LogP contribution in [0.1, 0.15) is 26.3 Å². The van der Waals surface area contributed by atoms with Gasteiger partial charge in [-0.2, -0.15) is 0 Å². The summed E-state index contributed by atoms with van der Waals surface area (Å²) in [5, 5.41) is 2.58. The summed E-state index contributed by atoms with van der Waals surface area (Å²) in [4.78, 5) is 26.1. The molecule has 0 radical (unpaired) electrons. The maximum atomic E-state index is 12.3. The maximum Gasteiger partial charge on any atom is 0.251 e. The third-order valence-corrected chi connectivity index (χ3v) is 4.36. The van der Waals surface area contributed by atoms with Crippen LogP contribution < -0.4 is 10.2 Å². The van der Waals surface area contributed by atoms with Crippen molar-refractivity contribution in [2.24, 2.45) is 0 Å². The molecule has 134 valence electrons. The maximum absolute atomic E-state index is 12.3. The first-order valence-electron chi connectivity index (χ1n) is 8.65. The summed E-state index contributed by atoms with van der Waals surface area (Å²) in [5.41, 5.74) is 3.23. The van der Waals surface area contributed by atoms with Crippen LogP contribution in [0.3, 0.4) is 0 Å². The van der Waals surface area contributed by atoms with Gasteiger partial charge in [-0.15, -0.1) is 0 Å². The molecule has 2 aromatic rings. The third-order valence-electron chi connectivity index (χ3n) is 4.36. The molecule has 0 aliphatic carbocycles. The molecule has 1 fully saturated rings. The number of morpholine rings is 1. The highest BCUT2D eigenvalue weighted by Crippen LogP contribution is 2.17. The molecule has 5 heteroatoms. The van der Waals surface area contributed by atoms with Gasteiger partial charge in [0.1, 0.15) is 0 Å². The summed E-state index contributed by atoms with van der Waals surface area (Å²) < 4.78 is 5.36. The molecule has 1 heterocycles. The molecule has 1 amide bonds. The summed E-state index contributed by atoms with van der Waals surface area (Å²) in [6, 6.07) is 14.8. The number of carbonyl (C=O) groups is 2. The number of hydrogen-bond donors (Lipinski definition) is 1. The number of anilines is 1. The fourth-order valence-electron chi connectivity index (χ4n) is 2.82. The van der Waals surface area contributed by atoms with E-state index in [0.29, 0.717) is 11.1 Å². The van der Waals surface area contributed by atoms with Gasteiger partial charge in [0, 0.05) is 37.0 Å². The first-order chi connectivity index (χ1) is 12.7. The van der Waals surface area contributed by atoms with Gasteiger partial charge in [-0.1, -0.05) is 18.2 Å². The minimum Gasteiger partial charge on any atom is -0.378 e. The van der Waals surface area contributed by atoms with E-state index < -0.39 is 0 Å². The van der Waals surface area contributed by atoms with Gasteiger partial charge in [0.25, 0.3) is 5.91 Å². The fraction of sp³-hybridized carbons (Fsp3) is 0.238. The molecule has 0 bridgehead atoms. The van der Waals surface area contributed by atoms with Crippen molar-refractivity contribution < 1.29 is 14.3 Å². The van der Waals surface area contributed by atoms with Gasteiger partial charge in [0.2, 0.25) is 0 Å². The molecule has 3 rings (SSSR count). The van der Waals surface area contributed by atoms with Crippen LogP contribution in [0, 0.1) is 0 Å². The van der Waals surface area contributed by atoms with Crippen LogP contribution in [0.2, 0.25) is 0 Å². The Labute approximate surface area is 153 Å². The quantitative estimate of drug-likeness (QED) is 0.665. The second-order valence-corrected chi connectivity index (χ2v) is 6.05. The lowest BCUT2D eigenvalue weighted by atomic mass is 10.1. The highest BCUT2D eigenvalue weighted by molar-refractivity contribution is 6.07. The average Bonchev–Trinajstić information content (AvgIpc) is 2.72. The van der Waals surface area contributed by atoms with E-state index in [0.717, 1.165) is 37.6 Å². The Morgan fingerprint density at radius 2 is 1.58 bits per heavy atom. The number of nitrogens with zero attached hydrogens (tertiary/aromatic N) is 1. The van der Waals surface area contributed by atoms with Crippen LogP contribution in [0.15, 0.2) is 54.6 Å². The minimum absolute atomic E-state index is 0.0473. The number of ether oxygens (including phenoxy) is 1. The van der Waals surface area contributed by atoms with Crippen molar-refractivity contribution in [3.8, 4) is 0 Å². The van der Waals surface area contributed by atoms with Crippen molar-refractivity contribution in [2.45, 2.75) is 0 Å².